The molecule has 0 aromatic heterocycles. The van der Waals surface area contributed by atoms with Crippen molar-refractivity contribution in [1.82, 2.24) is 10.6 Å². The molecule has 2 N–H and O–H groups in total. The first-order valence-electron chi connectivity index (χ1n) is 7.51. The normalized spacial score (nSPS) is 32.2. The minimum atomic E-state index is -0.222. The Labute approximate surface area is 127 Å². The summed E-state index contributed by atoms with van der Waals surface area (Å²) in [6.45, 7) is 13.2. The molecule has 116 valence electrons. The van der Waals surface area contributed by atoms with Gasteiger partial charge in [0.1, 0.15) is 0 Å². The summed E-state index contributed by atoms with van der Waals surface area (Å²) < 4.78 is 0. The monoisotopic (exact) mass is 290 g/mol. The highest BCUT2D eigenvalue weighted by atomic mass is 16.2. The molecule has 2 amide bonds. The molecule has 0 aromatic carbocycles. The maximum atomic E-state index is 12.2. The third kappa shape index (κ3) is 4.59. The van der Waals surface area contributed by atoms with E-state index in [0.717, 1.165) is 24.8 Å². The average Bonchev–Trinajstić information content (AvgIpc) is 2.45. The summed E-state index contributed by atoms with van der Waals surface area (Å²) in [5.74, 6) is -0.128. The lowest BCUT2D eigenvalue weighted by molar-refractivity contribution is -0.125. The molecule has 1 rings (SSSR count). The van der Waals surface area contributed by atoms with E-state index in [1.165, 1.54) is 0 Å². The van der Waals surface area contributed by atoms with Crippen molar-refractivity contribution in [2.75, 3.05) is 0 Å². The van der Waals surface area contributed by atoms with Crippen LogP contribution in [-0.2, 0) is 9.59 Å². The van der Waals surface area contributed by atoms with E-state index in [-0.39, 0.29) is 29.7 Å². The highest BCUT2D eigenvalue weighted by Crippen LogP contribution is 2.17. The number of carbonyl (C=O) groups is 2. The van der Waals surface area contributed by atoms with Crippen LogP contribution in [0.25, 0.3) is 0 Å². The molecule has 0 saturated carbocycles. The maximum absolute atomic E-state index is 12.2. The van der Waals surface area contributed by atoms with Gasteiger partial charge in [0.15, 0.2) is 0 Å². The summed E-state index contributed by atoms with van der Waals surface area (Å²) in [5.41, 5.74) is 1.38. The minimum Gasteiger partial charge on any atom is -0.349 e. The van der Waals surface area contributed by atoms with Crippen LogP contribution in [0.15, 0.2) is 36.6 Å². The van der Waals surface area contributed by atoms with Gasteiger partial charge in [-0.05, 0) is 31.4 Å². The standard InChI is InChI=1S/C17H26N2O2/c1-6-14-13(5)18-16(20)11(3)9-8-10-12(4)17(21)19-15(14)7-2/h6-7,11-13H,1-2,8-10H2,3-5H3,(H,18,20)(H,19,21)/b15-14-. The number of carbonyl (C=O) groups excluding carboxylic acids is 2. The molecule has 0 fully saturated rings. The molecular weight excluding hydrogens is 264 g/mol. The number of rotatable bonds is 2. The summed E-state index contributed by atoms with van der Waals surface area (Å²) in [4.78, 5) is 24.4. The van der Waals surface area contributed by atoms with E-state index in [1.807, 2.05) is 20.8 Å². The van der Waals surface area contributed by atoms with E-state index in [9.17, 15) is 9.59 Å². The van der Waals surface area contributed by atoms with Gasteiger partial charge in [-0.15, -0.1) is 0 Å². The predicted molar refractivity (Wildman–Crippen MR) is 85.3 cm³/mol. The number of allylic oxidation sites excluding steroid dienone is 1. The quantitative estimate of drug-likeness (QED) is 0.821. The lowest BCUT2D eigenvalue weighted by Crippen LogP contribution is -2.39. The van der Waals surface area contributed by atoms with Crippen LogP contribution in [0.2, 0.25) is 0 Å². The molecule has 1 aliphatic heterocycles. The van der Waals surface area contributed by atoms with Crippen molar-refractivity contribution in [3.63, 3.8) is 0 Å². The zero-order valence-corrected chi connectivity index (χ0v) is 13.2. The van der Waals surface area contributed by atoms with E-state index in [4.69, 9.17) is 0 Å². The van der Waals surface area contributed by atoms with Gasteiger partial charge in [0.25, 0.3) is 0 Å². The summed E-state index contributed by atoms with van der Waals surface area (Å²) >= 11 is 0. The largest absolute Gasteiger partial charge is 0.349 e. The Morgan fingerprint density at radius 3 is 2.10 bits per heavy atom. The second-order valence-electron chi connectivity index (χ2n) is 5.73. The highest BCUT2D eigenvalue weighted by Gasteiger charge is 2.22. The fourth-order valence-electron chi connectivity index (χ4n) is 2.44. The molecule has 0 aliphatic carbocycles. The van der Waals surface area contributed by atoms with Crippen molar-refractivity contribution in [2.45, 2.75) is 46.1 Å². The van der Waals surface area contributed by atoms with Crippen molar-refractivity contribution in [3.8, 4) is 0 Å². The van der Waals surface area contributed by atoms with Crippen LogP contribution >= 0.6 is 0 Å². The first kappa shape index (κ1) is 17.2. The molecule has 3 atom stereocenters. The van der Waals surface area contributed by atoms with Gasteiger partial charge in [0.05, 0.1) is 6.04 Å². The van der Waals surface area contributed by atoms with Gasteiger partial charge >= 0.3 is 0 Å². The Bertz CT molecular complexity index is 465. The van der Waals surface area contributed by atoms with Gasteiger partial charge in [0, 0.05) is 17.5 Å². The number of nitrogens with one attached hydrogen (secondary N) is 2. The van der Waals surface area contributed by atoms with Crippen molar-refractivity contribution < 1.29 is 9.59 Å². The molecule has 4 heteroatoms. The van der Waals surface area contributed by atoms with Gasteiger partial charge in [-0.1, -0.05) is 39.5 Å². The lowest BCUT2D eigenvalue weighted by atomic mass is 9.95. The zero-order valence-electron chi connectivity index (χ0n) is 13.2. The Hall–Kier alpha value is -1.84. The minimum absolute atomic E-state index is 0.0176. The number of hydrogen-bond donors (Lipinski definition) is 2. The summed E-state index contributed by atoms with van der Waals surface area (Å²) in [6, 6.07) is -0.222. The van der Waals surface area contributed by atoms with Gasteiger partial charge < -0.3 is 10.6 Å². The molecule has 4 nitrogen and oxygen atoms in total. The van der Waals surface area contributed by atoms with Crippen LogP contribution in [-0.4, -0.2) is 17.9 Å². The van der Waals surface area contributed by atoms with Crippen LogP contribution in [0, 0.1) is 11.8 Å². The molecule has 0 spiro atoms. The summed E-state index contributed by atoms with van der Waals surface area (Å²) in [5, 5.41) is 5.86. The zero-order chi connectivity index (χ0) is 16.0. The van der Waals surface area contributed by atoms with Crippen molar-refractivity contribution in [3.05, 3.63) is 36.6 Å². The molecular formula is C17H26N2O2. The van der Waals surface area contributed by atoms with E-state index >= 15 is 0 Å². The Kier molecular flexibility index (Phi) is 6.40. The number of amides is 2. The first-order valence-corrected chi connectivity index (χ1v) is 7.51. The molecule has 0 bridgehead atoms. The molecule has 0 saturated heterocycles. The fourth-order valence-corrected chi connectivity index (χ4v) is 2.44. The lowest BCUT2D eigenvalue weighted by Gasteiger charge is -2.23. The summed E-state index contributed by atoms with van der Waals surface area (Å²) in [7, 11) is 0. The van der Waals surface area contributed by atoms with Gasteiger partial charge in [0.2, 0.25) is 11.8 Å². The van der Waals surface area contributed by atoms with E-state index in [1.54, 1.807) is 12.2 Å². The van der Waals surface area contributed by atoms with E-state index < -0.39 is 0 Å². The van der Waals surface area contributed by atoms with Crippen LogP contribution < -0.4 is 10.6 Å². The smallest absolute Gasteiger partial charge is 0.227 e. The predicted octanol–water partition coefficient (Wildman–Crippen LogP) is 2.69. The molecule has 0 aromatic rings. The van der Waals surface area contributed by atoms with Gasteiger partial charge in [-0.3, -0.25) is 9.59 Å². The number of hydrogen-bond acceptors (Lipinski definition) is 2. The van der Waals surface area contributed by atoms with Crippen LogP contribution in [0.4, 0.5) is 0 Å². The van der Waals surface area contributed by atoms with Crippen LogP contribution in [0.1, 0.15) is 40.0 Å². The topological polar surface area (TPSA) is 58.2 Å². The Morgan fingerprint density at radius 2 is 1.57 bits per heavy atom. The first-order chi connectivity index (χ1) is 9.90. The Balaban J connectivity index is 3.15. The van der Waals surface area contributed by atoms with Gasteiger partial charge in [-0.2, -0.15) is 0 Å². The van der Waals surface area contributed by atoms with Crippen molar-refractivity contribution in [2.24, 2.45) is 11.8 Å². The van der Waals surface area contributed by atoms with Gasteiger partial charge in [-0.25, -0.2) is 0 Å². The molecule has 1 aliphatic rings. The second kappa shape index (κ2) is 7.81. The van der Waals surface area contributed by atoms with Crippen LogP contribution in [0.5, 0.6) is 0 Å². The maximum Gasteiger partial charge on any atom is 0.227 e. The molecule has 3 unspecified atom stereocenters. The highest BCUT2D eigenvalue weighted by molar-refractivity contribution is 5.81. The third-order valence-electron chi connectivity index (χ3n) is 3.99. The molecule has 0 radical (unpaired) electrons. The van der Waals surface area contributed by atoms with Crippen molar-refractivity contribution in [1.29, 1.82) is 0 Å². The summed E-state index contributed by atoms with van der Waals surface area (Å²) in [6.07, 6.45) is 5.67. The fraction of sp³-hybridized carbons (Fsp3) is 0.529. The second-order valence-corrected chi connectivity index (χ2v) is 5.73. The SMILES string of the molecule is C=C/C1=C(\C=C)C(C)NC(=O)C(C)CCCC(C)C(=O)N1. The van der Waals surface area contributed by atoms with Crippen LogP contribution in [0.3, 0.4) is 0 Å². The molecule has 21 heavy (non-hydrogen) atoms. The van der Waals surface area contributed by atoms with Crippen molar-refractivity contribution >= 4 is 11.8 Å². The Morgan fingerprint density at radius 1 is 1.00 bits per heavy atom. The van der Waals surface area contributed by atoms with E-state index in [2.05, 4.69) is 23.8 Å². The average molecular weight is 290 g/mol. The van der Waals surface area contributed by atoms with E-state index in [0.29, 0.717) is 5.70 Å². The molecule has 1 heterocycles. The third-order valence-corrected chi connectivity index (χ3v) is 3.99.